The number of aromatic nitrogens is 1. The van der Waals surface area contributed by atoms with E-state index in [0.717, 1.165) is 0 Å². The van der Waals surface area contributed by atoms with Crippen LogP contribution < -0.4 is 16.2 Å². The second-order valence-corrected chi connectivity index (χ2v) is 5.20. The summed E-state index contributed by atoms with van der Waals surface area (Å²) in [7, 11) is 1.55. The molecule has 4 N–H and O–H groups in total. The van der Waals surface area contributed by atoms with Crippen molar-refractivity contribution >= 4 is 11.8 Å². The number of rotatable bonds is 5. The number of methoxy groups -OCH3 is 1. The van der Waals surface area contributed by atoms with Gasteiger partial charge in [0, 0.05) is 11.1 Å². The molecule has 0 atom stereocenters. The number of nitrogens with two attached hydrogens (primary N) is 2. The third-order valence-electron chi connectivity index (χ3n) is 3.64. The van der Waals surface area contributed by atoms with Gasteiger partial charge < -0.3 is 20.6 Å². The van der Waals surface area contributed by atoms with Crippen LogP contribution in [0.25, 0.3) is 22.8 Å². The summed E-state index contributed by atoms with van der Waals surface area (Å²) in [6.45, 7) is 0. The lowest BCUT2D eigenvalue weighted by Gasteiger charge is -2.02. The molecule has 25 heavy (non-hydrogen) atoms. The number of primary amides is 2. The molecule has 0 saturated carbocycles. The topological polar surface area (TPSA) is 121 Å². The van der Waals surface area contributed by atoms with Gasteiger partial charge in [0.15, 0.2) is 11.5 Å². The molecule has 0 aliphatic rings. The van der Waals surface area contributed by atoms with Crippen molar-refractivity contribution in [2.75, 3.05) is 7.11 Å². The lowest BCUT2D eigenvalue weighted by atomic mass is 10.1. The van der Waals surface area contributed by atoms with Crippen LogP contribution in [0, 0.1) is 0 Å². The predicted octanol–water partition coefficient (Wildman–Crippen LogP) is 2.21. The van der Waals surface area contributed by atoms with Crippen LogP contribution in [0.5, 0.6) is 5.75 Å². The van der Waals surface area contributed by atoms with Crippen LogP contribution in [0.4, 0.5) is 0 Å². The van der Waals surface area contributed by atoms with E-state index in [4.69, 9.17) is 20.6 Å². The van der Waals surface area contributed by atoms with Gasteiger partial charge in [-0.1, -0.05) is 12.1 Å². The van der Waals surface area contributed by atoms with E-state index in [1.165, 1.54) is 0 Å². The van der Waals surface area contributed by atoms with E-state index in [0.29, 0.717) is 16.9 Å². The number of oxazole rings is 1. The molecule has 0 aliphatic carbocycles. The van der Waals surface area contributed by atoms with Gasteiger partial charge in [-0.25, -0.2) is 4.98 Å². The van der Waals surface area contributed by atoms with E-state index in [1.54, 1.807) is 55.6 Å². The monoisotopic (exact) mass is 337 g/mol. The molecule has 126 valence electrons. The minimum Gasteiger partial charge on any atom is -0.497 e. The zero-order valence-corrected chi connectivity index (χ0v) is 13.4. The smallest absolute Gasteiger partial charge is 0.271 e. The Bertz CT molecular complexity index is 945. The minimum atomic E-state index is -0.739. The van der Waals surface area contributed by atoms with Crippen molar-refractivity contribution in [1.29, 1.82) is 0 Å². The Morgan fingerprint density at radius 1 is 1.00 bits per heavy atom. The van der Waals surface area contributed by atoms with Crippen LogP contribution in [0.3, 0.4) is 0 Å². The van der Waals surface area contributed by atoms with E-state index in [-0.39, 0.29) is 22.9 Å². The Balaban J connectivity index is 2.15. The van der Waals surface area contributed by atoms with Crippen molar-refractivity contribution in [3.05, 3.63) is 59.8 Å². The predicted molar refractivity (Wildman–Crippen MR) is 91.0 cm³/mol. The average Bonchev–Trinajstić information content (AvgIpc) is 3.07. The number of amides is 2. The van der Waals surface area contributed by atoms with Crippen molar-refractivity contribution in [3.63, 3.8) is 0 Å². The maximum absolute atomic E-state index is 11.8. The van der Waals surface area contributed by atoms with Gasteiger partial charge >= 0.3 is 0 Å². The fraction of sp³-hybridized carbons (Fsp3) is 0.0556. The minimum absolute atomic E-state index is 0.0283. The van der Waals surface area contributed by atoms with Gasteiger partial charge in [-0.2, -0.15) is 0 Å². The number of carbonyl (C=O) groups is 2. The van der Waals surface area contributed by atoms with Crippen LogP contribution in [0.2, 0.25) is 0 Å². The maximum Gasteiger partial charge on any atom is 0.271 e. The SMILES string of the molecule is COc1ccc(-c2oc(-c3ccccc3C(N)=O)nc2C(N)=O)cc1. The summed E-state index contributed by atoms with van der Waals surface area (Å²) in [5.41, 5.74) is 12.0. The second-order valence-electron chi connectivity index (χ2n) is 5.20. The van der Waals surface area contributed by atoms with Crippen molar-refractivity contribution in [3.8, 4) is 28.5 Å². The van der Waals surface area contributed by atoms with E-state index < -0.39 is 11.8 Å². The van der Waals surface area contributed by atoms with E-state index in [9.17, 15) is 9.59 Å². The van der Waals surface area contributed by atoms with Gasteiger partial charge in [0.25, 0.3) is 5.91 Å². The molecular weight excluding hydrogens is 322 g/mol. The van der Waals surface area contributed by atoms with Crippen molar-refractivity contribution in [2.45, 2.75) is 0 Å². The van der Waals surface area contributed by atoms with Crippen molar-refractivity contribution < 1.29 is 18.7 Å². The van der Waals surface area contributed by atoms with E-state index in [1.807, 2.05) is 0 Å². The normalized spacial score (nSPS) is 10.4. The quantitative estimate of drug-likeness (QED) is 0.739. The first-order chi connectivity index (χ1) is 12.0. The first kappa shape index (κ1) is 16.3. The number of hydrogen-bond acceptors (Lipinski definition) is 5. The van der Waals surface area contributed by atoms with Crippen LogP contribution in [-0.2, 0) is 0 Å². The van der Waals surface area contributed by atoms with Gasteiger partial charge in [0.05, 0.1) is 12.7 Å². The van der Waals surface area contributed by atoms with Gasteiger partial charge in [-0.05, 0) is 36.4 Å². The Morgan fingerprint density at radius 3 is 2.28 bits per heavy atom. The number of benzene rings is 2. The molecule has 2 aromatic carbocycles. The zero-order chi connectivity index (χ0) is 18.0. The lowest BCUT2D eigenvalue weighted by Crippen LogP contribution is -2.13. The van der Waals surface area contributed by atoms with Crippen molar-refractivity contribution in [2.24, 2.45) is 11.5 Å². The first-order valence-corrected chi connectivity index (χ1v) is 7.35. The van der Waals surface area contributed by atoms with E-state index in [2.05, 4.69) is 4.98 Å². The molecule has 0 fully saturated rings. The second kappa shape index (κ2) is 6.48. The molecule has 3 aromatic rings. The number of nitrogens with zero attached hydrogens (tertiary/aromatic N) is 1. The van der Waals surface area contributed by atoms with Crippen LogP contribution >= 0.6 is 0 Å². The molecule has 0 radical (unpaired) electrons. The van der Waals surface area contributed by atoms with Gasteiger partial charge in [0.1, 0.15) is 5.75 Å². The molecule has 0 aliphatic heterocycles. The van der Waals surface area contributed by atoms with Gasteiger partial charge in [-0.15, -0.1) is 0 Å². The van der Waals surface area contributed by atoms with Crippen LogP contribution in [-0.4, -0.2) is 23.9 Å². The summed E-state index contributed by atoms with van der Waals surface area (Å²) in [6.07, 6.45) is 0. The highest BCUT2D eigenvalue weighted by Gasteiger charge is 2.22. The highest BCUT2D eigenvalue weighted by Crippen LogP contribution is 2.32. The maximum atomic E-state index is 11.8. The Labute approximate surface area is 143 Å². The zero-order valence-electron chi connectivity index (χ0n) is 13.4. The lowest BCUT2D eigenvalue weighted by molar-refractivity contribution is 0.0990. The Kier molecular flexibility index (Phi) is 4.21. The fourth-order valence-corrected chi connectivity index (χ4v) is 2.42. The standard InChI is InChI=1S/C18H15N3O4/c1-24-11-8-6-10(7-9-11)15-14(17(20)23)21-18(25-15)13-5-3-2-4-12(13)16(19)22/h2-9H,1H3,(H2,19,22)(H2,20,23). The highest BCUT2D eigenvalue weighted by molar-refractivity contribution is 6.00. The molecule has 0 bridgehead atoms. The third-order valence-corrected chi connectivity index (χ3v) is 3.64. The molecule has 0 spiro atoms. The molecule has 2 amide bonds. The van der Waals surface area contributed by atoms with E-state index >= 15 is 0 Å². The summed E-state index contributed by atoms with van der Waals surface area (Å²) < 4.78 is 10.9. The molecule has 0 saturated heterocycles. The summed E-state index contributed by atoms with van der Waals surface area (Å²) in [6, 6.07) is 13.5. The summed E-state index contributed by atoms with van der Waals surface area (Å²) >= 11 is 0. The van der Waals surface area contributed by atoms with Crippen LogP contribution in [0.1, 0.15) is 20.8 Å². The van der Waals surface area contributed by atoms with Crippen LogP contribution in [0.15, 0.2) is 52.9 Å². The molecule has 1 heterocycles. The Morgan fingerprint density at radius 2 is 1.68 bits per heavy atom. The molecule has 3 rings (SSSR count). The molecule has 0 unspecified atom stereocenters. The Hall–Kier alpha value is -3.61. The van der Waals surface area contributed by atoms with Gasteiger partial charge in [0.2, 0.25) is 11.8 Å². The first-order valence-electron chi connectivity index (χ1n) is 7.35. The van der Waals surface area contributed by atoms with Gasteiger partial charge in [-0.3, -0.25) is 9.59 Å². The summed E-state index contributed by atoms with van der Waals surface area (Å²) in [5, 5.41) is 0. The highest BCUT2D eigenvalue weighted by atomic mass is 16.5. The largest absolute Gasteiger partial charge is 0.497 e. The summed E-state index contributed by atoms with van der Waals surface area (Å²) in [4.78, 5) is 27.5. The number of hydrogen-bond donors (Lipinski definition) is 2. The molecule has 1 aromatic heterocycles. The molecule has 7 heteroatoms. The number of carbonyl (C=O) groups excluding carboxylic acids is 2. The molecular formula is C18H15N3O4. The summed E-state index contributed by atoms with van der Waals surface area (Å²) in [5.74, 6) is -0.403. The van der Waals surface area contributed by atoms with Crippen molar-refractivity contribution in [1.82, 2.24) is 4.98 Å². The third kappa shape index (κ3) is 3.07. The number of ether oxygens (including phenoxy) is 1. The average molecular weight is 337 g/mol. The fourth-order valence-electron chi connectivity index (χ4n) is 2.42. The molecule has 7 nitrogen and oxygen atoms in total.